The molecule has 174 valence electrons. The van der Waals surface area contributed by atoms with Crippen LogP contribution in [0.15, 0.2) is 35.7 Å². The number of amides is 2. The van der Waals surface area contributed by atoms with Gasteiger partial charge in [0.15, 0.2) is 0 Å². The fourth-order valence-corrected chi connectivity index (χ4v) is 5.15. The Labute approximate surface area is 200 Å². The minimum absolute atomic E-state index is 0.0398. The van der Waals surface area contributed by atoms with Gasteiger partial charge in [-0.3, -0.25) is 9.59 Å². The monoisotopic (exact) mass is 476 g/mol. The molecule has 1 aromatic heterocycles. The van der Waals surface area contributed by atoms with Crippen molar-refractivity contribution < 1.29 is 14.3 Å². The summed E-state index contributed by atoms with van der Waals surface area (Å²) >= 11 is 7.81. The zero-order valence-electron chi connectivity index (χ0n) is 19.6. The van der Waals surface area contributed by atoms with E-state index in [4.69, 9.17) is 16.3 Å². The second kappa shape index (κ2) is 10.3. The van der Waals surface area contributed by atoms with Crippen LogP contribution in [0.1, 0.15) is 49.7 Å². The number of nitrogens with zero attached hydrogens (tertiary/aromatic N) is 2. The number of hydrogen-bond donors (Lipinski definition) is 0. The molecule has 0 bridgehead atoms. The fourth-order valence-electron chi connectivity index (χ4n) is 4.13. The van der Waals surface area contributed by atoms with E-state index in [-0.39, 0.29) is 36.2 Å². The maximum absolute atomic E-state index is 13.6. The average molecular weight is 477 g/mol. The van der Waals surface area contributed by atoms with Gasteiger partial charge >= 0.3 is 0 Å². The SMILES string of the molecule is COc1ccc(C2c3ccsc3CCN2C(=O)CN(CC(C)C)C(=O)C(C)(C)CCl)cc1. The Morgan fingerprint density at radius 2 is 1.94 bits per heavy atom. The molecular formula is C25H33ClN2O3S. The minimum atomic E-state index is -0.714. The van der Waals surface area contributed by atoms with Crippen molar-refractivity contribution in [1.29, 1.82) is 0 Å². The van der Waals surface area contributed by atoms with E-state index in [0.717, 1.165) is 17.7 Å². The van der Waals surface area contributed by atoms with Crippen molar-refractivity contribution in [2.75, 3.05) is 32.6 Å². The Bertz CT molecular complexity index is 939. The lowest BCUT2D eigenvalue weighted by molar-refractivity contribution is -0.146. The van der Waals surface area contributed by atoms with Crippen LogP contribution in [0.2, 0.25) is 0 Å². The second-order valence-electron chi connectivity index (χ2n) is 9.41. The summed E-state index contributed by atoms with van der Waals surface area (Å²) in [5, 5.41) is 2.09. The zero-order chi connectivity index (χ0) is 23.5. The highest BCUT2D eigenvalue weighted by molar-refractivity contribution is 7.10. The number of alkyl halides is 1. The van der Waals surface area contributed by atoms with Gasteiger partial charge in [-0.25, -0.2) is 0 Å². The van der Waals surface area contributed by atoms with Crippen molar-refractivity contribution in [3.63, 3.8) is 0 Å². The summed E-state index contributed by atoms with van der Waals surface area (Å²) in [4.78, 5) is 31.7. The van der Waals surface area contributed by atoms with Gasteiger partial charge in [-0.1, -0.05) is 26.0 Å². The van der Waals surface area contributed by atoms with Crippen LogP contribution in [0.5, 0.6) is 5.75 Å². The Morgan fingerprint density at radius 3 is 2.53 bits per heavy atom. The molecule has 0 radical (unpaired) electrons. The van der Waals surface area contributed by atoms with Crippen LogP contribution in [0.4, 0.5) is 0 Å². The molecule has 0 N–H and O–H groups in total. The summed E-state index contributed by atoms with van der Waals surface area (Å²) in [6.45, 7) is 8.98. The molecule has 5 nitrogen and oxygen atoms in total. The normalized spacial score (nSPS) is 16.1. The van der Waals surface area contributed by atoms with Crippen LogP contribution >= 0.6 is 22.9 Å². The van der Waals surface area contributed by atoms with Gasteiger partial charge in [0, 0.05) is 23.8 Å². The van der Waals surface area contributed by atoms with E-state index in [1.165, 1.54) is 10.4 Å². The number of benzene rings is 1. The second-order valence-corrected chi connectivity index (χ2v) is 10.7. The highest BCUT2D eigenvalue weighted by Gasteiger charge is 2.37. The van der Waals surface area contributed by atoms with E-state index in [1.54, 1.807) is 23.3 Å². The lowest BCUT2D eigenvalue weighted by atomic mass is 9.92. The predicted octanol–water partition coefficient (Wildman–Crippen LogP) is 4.98. The number of carbonyl (C=O) groups is 2. The fraction of sp³-hybridized carbons (Fsp3) is 0.520. The van der Waals surface area contributed by atoms with Crippen LogP contribution in [-0.2, 0) is 16.0 Å². The van der Waals surface area contributed by atoms with Crippen molar-refractivity contribution in [3.05, 3.63) is 51.7 Å². The maximum atomic E-state index is 13.6. The van der Waals surface area contributed by atoms with Crippen molar-refractivity contribution in [2.24, 2.45) is 11.3 Å². The lowest BCUT2D eigenvalue weighted by Crippen LogP contribution is -2.50. The van der Waals surface area contributed by atoms with Gasteiger partial charge in [0.1, 0.15) is 5.75 Å². The van der Waals surface area contributed by atoms with E-state index < -0.39 is 5.41 Å². The zero-order valence-corrected chi connectivity index (χ0v) is 21.1. The smallest absolute Gasteiger partial charge is 0.242 e. The van der Waals surface area contributed by atoms with Crippen LogP contribution in [-0.4, -0.2) is 54.2 Å². The Kier molecular flexibility index (Phi) is 7.88. The van der Waals surface area contributed by atoms with Crippen molar-refractivity contribution in [2.45, 2.75) is 40.2 Å². The third kappa shape index (κ3) is 5.29. The van der Waals surface area contributed by atoms with Gasteiger partial charge in [0.25, 0.3) is 0 Å². The maximum Gasteiger partial charge on any atom is 0.242 e. The van der Waals surface area contributed by atoms with Gasteiger partial charge in [-0.05, 0) is 60.9 Å². The van der Waals surface area contributed by atoms with E-state index in [2.05, 4.69) is 25.3 Å². The van der Waals surface area contributed by atoms with Gasteiger partial charge in [0.05, 0.1) is 25.1 Å². The number of fused-ring (bicyclic) bond motifs is 1. The molecule has 32 heavy (non-hydrogen) atoms. The third-order valence-corrected chi connectivity index (χ3v) is 7.49. The van der Waals surface area contributed by atoms with Crippen LogP contribution < -0.4 is 4.74 Å². The summed E-state index contributed by atoms with van der Waals surface area (Å²) in [6.07, 6.45) is 0.830. The quantitative estimate of drug-likeness (QED) is 0.505. The van der Waals surface area contributed by atoms with Crippen LogP contribution in [0.25, 0.3) is 0 Å². The van der Waals surface area contributed by atoms with Gasteiger partial charge in [-0.15, -0.1) is 22.9 Å². The number of methoxy groups -OCH3 is 1. The first-order chi connectivity index (χ1) is 15.2. The Morgan fingerprint density at radius 1 is 1.25 bits per heavy atom. The molecule has 1 aliphatic heterocycles. The summed E-state index contributed by atoms with van der Waals surface area (Å²) < 4.78 is 5.31. The van der Waals surface area contributed by atoms with Crippen LogP contribution in [0.3, 0.4) is 0 Å². The van der Waals surface area contributed by atoms with Crippen molar-refractivity contribution in [3.8, 4) is 5.75 Å². The molecule has 2 aromatic rings. The summed E-state index contributed by atoms with van der Waals surface area (Å²) in [5.41, 5.74) is 1.50. The predicted molar refractivity (Wildman–Crippen MR) is 130 cm³/mol. The van der Waals surface area contributed by atoms with Crippen molar-refractivity contribution in [1.82, 2.24) is 9.80 Å². The molecule has 7 heteroatoms. The molecule has 0 aliphatic carbocycles. The largest absolute Gasteiger partial charge is 0.497 e. The molecule has 0 saturated carbocycles. The highest BCUT2D eigenvalue weighted by atomic mass is 35.5. The molecule has 0 saturated heterocycles. The first-order valence-corrected chi connectivity index (χ1v) is 12.4. The molecule has 0 spiro atoms. The van der Waals surface area contributed by atoms with Gasteiger partial charge in [0.2, 0.25) is 11.8 Å². The number of halogens is 1. The number of thiophene rings is 1. The first kappa shape index (κ1) is 24.6. The number of rotatable bonds is 8. The van der Waals surface area contributed by atoms with Crippen LogP contribution in [0, 0.1) is 11.3 Å². The summed E-state index contributed by atoms with van der Waals surface area (Å²) in [7, 11) is 1.64. The molecule has 0 fully saturated rings. The topological polar surface area (TPSA) is 49.9 Å². The minimum Gasteiger partial charge on any atom is -0.497 e. The van der Waals surface area contributed by atoms with E-state index in [9.17, 15) is 9.59 Å². The highest BCUT2D eigenvalue weighted by Crippen LogP contribution is 2.38. The lowest BCUT2D eigenvalue weighted by Gasteiger charge is -2.39. The molecular weight excluding hydrogens is 444 g/mol. The Balaban J connectivity index is 1.90. The molecule has 2 heterocycles. The summed E-state index contributed by atoms with van der Waals surface area (Å²) in [5.74, 6) is 1.13. The van der Waals surface area contributed by atoms with Gasteiger partial charge in [-0.2, -0.15) is 0 Å². The number of hydrogen-bond acceptors (Lipinski definition) is 4. The molecule has 3 rings (SSSR count). The first-order valence-electron chi connectivity index (χ1n) is 11.0. The molecule has 1 aromatic carbocycles. The van der Waals surface area contributed by atoms with E-state index in [1.807, 2.05) is 43.0 Å². The number of ether oxygens (including phenoxy) is 1. The molecule has 2 amide bonds. The standard InChI is InChI=1S/C25H33ClN2O3S/c1-17(2)14-27(24(30)25(3,4)16-26)15-22(29)28-12-10-21-20(11-13-32-21)23(28)18-6-8-19(31-5)9-7-18/h6-9,11,13,17,23H,10,12,14-16H2,1-5H3. The molecule has 1 aliphatic rings. The van der Waals surface area contributed by atoms with E-state index in [0.29, 0.717) is 13.1 Å². The van der Waals surface area contributed by atoms with Gasteiger partial charge < -0.3 is 14.5 Å². The Hall–Kier alpha value is -2.05. The van der Waals surface area contributed by atoms with E-state index >= 15 is 0 Å². The average Bonchev–Trinajstić information content (AvgIpc) is 3.26. The molecule has 1 unspecified atom stereocenters. The third-order valence-electron chi connectivity index (χ3n) is 5.83. The molecule has 1 atom stereocenters. The summed E-state index contributed by atoms with van der Waals surface area (Å²) in [6, 6.07) is 9.84. The number of carbonyl (C=O) groups excluding carboxylic acids is 2. The van der Waals surface area contributed by atoms with Crippen molar-refractivity contribution >= 4 is 34.8 Å².